The predicted molar refractivity (Wildman–Crippen MR) is 129 cm³/mol. The van der Waals surface area contributed by atoms with Gasteiger partial charge in [-0.25, -0.2) is 17.1 Å². The fraction of sp³-hybridized carbons (Fsp3) is 0.409. The molecule has 12 heteroatoms. The first kappa shape index (κ1) is 26.1. The Hall–Kier alpha value is -2.54. The van der Waals surface area contributed by atoms with E-state index in [9.17, 15) is 26.0 Å². The first-order valence-electron chi connectivity index (χ1n) is 10.9. The van der Waals surface area contributed by atoms with Gasteiger partial charge >= 0.3 is 10.2 Å². The lowest BCUT2D eigenvalue weighted by Crippen LogP contribution is -2.44. The molecule has 1 heterocycles. The molecule has 3 rings (SSSR count). The molecule has 0 aromatic heterocycles. The fourth-order valence-corrected chi connectivity index (χ4v) is 6.16. The summed E-state index contributed by atoms with van der Waals surface area (Å²) >= 11 is 0. The average molecular weight is 513 g/mol. The number of hydrogen-bond acceptors (Lipinski definition) is 5. The molecule has 0 aliphatic carbocycles. The molecule has 34 heavy (non-hydrogen) atoms. The molecule has 1 N–H and O–H groups in total. The average Bonchev–Trinajstić information content (AvgIpc) is 3.09. The number of amides is 1. The maximum Gasteiger partial charge on any atom is 0.304 e. The minimum Gasteiger partial charge on any atom is -0.325 e. The second kappa shape index (κ2) is 10.8. The third-order valence-electron chi connectivity index (χ3n) is 5.48. The van der Waals surface area contributed by atoms with Crippen LogP contribution in [-0.2, 0) is 25.0 Å². The lowest BCUT2D eigenvalue weighted by Gasteiger charge is -2.27. The van der Waals surface area contributed by atoms with Crippen molar-refractivity contribution in [1.82, 2.24) is 8.61 Å². The van der Waals surface area contributed by atoms with Gasteiger partial charge in [0.2, 0.25) is 15.9 Å². The van der Waals surface area contributed by atoms with E-state index >= 15 is 0 Å². The molecule has 9 nitrogen and oxygen atoms in total. The number of rotatable bonds is 8. The van der Waals surface area contributed by atoms with Crippen LogP contribution in [0.3, 0.4) is 0 Å². The third kappa shape index (κ3) is 6.12. The molecule has 0 atom stereocenters. The first-order chi connectivity index (χ1) is 16.0. The fourth-order valence-electron chi connectivity index (χ4n) is 3.58. The summed E-state index contributed by atoms with van der Waals surface area (Å²) in [4.78, 5) is 12.8. The Bertz CT molecular complexity index is 1190. The van der Waals surface area contributed by atoms with Gasteiger partial charge in [-0.2, -0.15) is 17.0 Å². The topological polar surface area (TPSA) is 107 Å². The smallest absolute Gasteiger partial charge is 0.304 e. The highest BCUT2D eigenvalue weighted by molar-refractivity contribution is 7.90. The van der Waals surface area contributed by atoms with Crippen molar-refractivity contribution in [2.45, 2.75) is 30.6 Å². The Morgan fingerprint density at radius 1 is 0.912 bits per heavy atom. The minimum atomic E-state index is -4.04. The van der Waals surface area contributed by atoms with Crippen LogP contribution in [-0.4, -0.2) is 65.1 Å². The maximum atomic E-state index is 13.3. The highest BCUT2D eigenvalue weighted by Gasteiger charge is 2.28. The third-order valence-corrected chi connectivity index (χ3v) is 9.22. The summed E-state index contributed by atoms with van der Waals surface area (Å²) in [5, 5.41) is 2.59. The Kier molecular flexibility index (Phi) is 8.29. The summed E-state index contributed by atoms with van der Waals surface area (Å²) in [6.07, 6.45) is 3.67. The van der Waals surface area contributed by atoms with Crippen molar-refractivity contribution < 1.29 is 26.0 Å². The monoisotopic (exact) mass is 512 g/mol. The van der Waals surface area contributed by atoms with Gasteiger partial charge in [0.05, 0.1) is 10.6 Å². The summed E-state index contributed by atoms with van der Waals surface area (Å²) in [5.41, 5.74) is 0.449. The molecule has 1 saturated heterocycles. The van der Waals surface area contributed by atoms with Crippen molar-refractivity contribution in [2.24, 2.45) is 0 Å². The van der Waals surface area contributed by atoms with E-state index in [0.29, 0.717) is 18.8 Å². The quantitative estimate of drug-likeness (QED) is 0.585. The van der Waals surface area contributed by atoms with E-state index in [4.69, 9.17) is 0 Å². The van der Waals surface area contributed by atoms with Gasteiger partial charge in [-0.1, -0.05) is 12.8 Å². The van der Waals surface area contributed by atoms with Crippen molar-refractivity contribution in [2.75, 3.05) is 43.4 Å². The van der Waals surface area contributed by atoms with E-state index in [1.807, 2.05) is 0 Å². The number of anilines is 2. The normalized spacial score (nSPS) is 15.6. The van der Waals surface area contributed by atoms with Crippen molar-refractivity contribution in [1.29, 1.82) is 0 Å². The lowest BCUT2D eigenvalue weighted by atomic mass is 10.2. The molecule has 1 aliphatic rings. The second-order valence-electron chi connectivity index (χ2n) is 8.16. The SMILES string of the molecule is CN(C)S(=O)(=O)N(CC(=O)Nc1ccc(S(=O)(=O)N2CCCCCC2)cc1)c1ccc(F)cc1. The molecule has 0 radical (unpaired) electrons. The largest absolute Gasteiger partial charge is 0.325 e. The van der Waals surface area contributed by atoms with Crippen molar-refractivity contribution in [3.05, 3.63) is 54.3 Å². The van der Waals surface area contributed by atoms with Crippen LogP contribution in [0.25, 0.3) is 0 Å². The first-order valence-corrected chi connectivity index (χ1v) is 13.7. The molecule has 2 aromatic carbocycles. The zero-order valence-electron chi connectivity index (χ0n) is 19.1. The number of carbonyl (C=O) groups is 1. The van der Waals surface area contributed by atoms with Gasteiger partial charge in [0.15, 0.2) is 0 Å². The number of benzene rings is 2. The van der Waals surface area contributed by atoms with Gasteiger partial charge < -0.3 is 5.32 Å². The summed E-state index contributed by atoms with van der Waals surface area (Å²) in [6, 6.07) is 10.5. The maximum absolute atomic E-state index is 13.3. The molecule has 1 aliphatic heterocycles. The van der Waals surface area contributed by atoms with Crippen LogP contribution in [0.4, 0.5) is 15.8 Å². The van der Waals surface area contributed by atoms with Gasteiger partial charge in [0.1, 0.15) is 12.4 Å². The molecule has 1 fully saturated rings. The van der Waals surface area contributed by atoms with Gasteiger partial charge in [-0.15, -0.1) is 0 Å². The molecule has 0 unspecified atom stereocenters. The van der Waals surface area contributed by atoms with Crippen molar-refractivity contribution in [3.8, 4) is 0 Å². The number of carbonyl (C=O) groups excluding carboxylic acids is 1. The number of nitrogens with one attached hydrogen (secondary N) is 1. The Morgan fingerprint density at radius 2 is 1.47 bits per heavy atom. The summed E-state index contributed by atoms with van der Waals surface area (Å²) in [7, 11) is -5.00. The molecule has 2 aromatic rings. The molecule has 0 saturated carbocycles. The van der Waals surface area contributed by atoms with Crippen LogP contribution in [0.5, 0.6) is 0 Å². The summed E-state index contributed by atoms with van der Waals surface area (Å²) in [6.45, 7) is 0.417. The molecule has 0 spiro atoms. The number of hydrogen-bond donors (Lipinski definition) is 1. The molecule has 186 valence electrons. The second-order valence-corrected chi connectivity index (χ2v) is 12.2. The number of sulfonamides is 1. The molecular weight excluding hydrogens is 483 g/mol. The van der Waals surface area contributed by atoms with Crippen molar-refractivity contribution in [3.63, 3.8) is 0 Å². The van der Waals surface area contributed by atoms with Gasteiger partial charge in [0, 0.05) is 32.9 Å². The predicted octanol–water partition coefficient (Wildman–Crippen LogP) is 2.64. The van der Waals surface area contributed by atoms with Gasteiger partial charge in [-0.3, -0.25) is 4.79 Å². The lowest BCUT2D eigenvalue weighted by molar-refractivity contribution is -0.114. The summed E-state index contributed by atoms with van der Waals surface area (Å²) < 4.78 is 67.9. The number of nitrogens with zero attached hydrogens (tertiary/aromatic N) is 3. The Balaban J connectivity index is 1.74. The van der Waals surface area contributed by atoms with E-state index < -0.39 is 38.5 Å². The standard InChI is InChI=1S/C22H29FN4O5S2/c1-25(2)34(31,32)27(20-11-7-18(23)8-12-20)17-22(28)24-19-9-13-21(14-10-19)33(29,30)26-15-5-3-4-6-16-26/h7-14H,3-6,15-17H2,1-2H3,(H,24,28). The number of halogens is 1. The Morgan fingerprint density at radius 3 is 2.00 bits per heavy atom. The molecule has 1 amide bonds. The Labute approximate surface area is 200 Å². The minimum absolute atomic E-state index is 0.129. The zero-order valence-corrected chi connectivity index (χ0v) is 20.8. The highest BCUT2D eigenvalue weighted by atomic mass is 32.2. The van der Waals surface area contributed by atoms with Crippen LogP contribution >= 0.6 is 0 Å². The van der Waals surface area contributed by atoms with E-state index in [1.54, 1.807) is 0 Å². The van der Waals surface area contributed by atoms with E-state index in [0.717, 1.165) is 46.4 Å². The van der Waals surface area contributed by atoms with Crippen molar-refractivity contribution >= 4 is 37.5 Å². The van der Waals surface area contributed by atoms with E-state index in [2.05, 4.69) is 5.32 Å². The van der Waals surface area contributed by atoms with Crippen LogP contribution < -0.4 is 9.62 Å². The van der Waals surface area contributed by atoms with Crippen LogP contribution in [0.15, 0.2) is 53.4 Å². The van der Waals surface area contributed by atoms with Crippen LogP contribution in [0.2, 0.25) is 0 Å². The molecular formula is C22H29FN4O5S2. The molecule has 0 bridgehead atoms. The van der Waals surface area contributed by atoms with E-state index in [-0.39, 0.29) is 10.6 Å². The van der Waals surface area contributed by atoms with Crippen LogP contribution in [0, 0.1) is 5.82 Å². The summed E-state index contributed by atoms with van der Waals surface area (Å²) in [5.74, 6) is -1.18. The van der Waals surface area contributed by atoms with Crippen LogP contribution in [0.1, 0.15) is 25.7 Å². The zero-order chi connectivity index (χ0) is 24.9. The van der Waals surface area contributed by atoms with E-state index in [1.165, 1.54) is 54.8 Å². The van der Waals surface area contributed by atoms with Gasteiger partial charge in [0.25, 0.3) is 0 Å². The van der Waals surface area contributed by atoms with Gasteiger partial charge in [-0.05, 0) is 61.4 Å². The highest BCUT2D eigenvalue weighted by Crippen LogP contribution is 2.23.